The first-order valence-corrected chi connectivity index (χ1v) is 12.4. The number of benzene rings is 1. The lowest BCUT2D eigenvalue weighted by Gasteiger charge is -2.46. The number of methoxy groups -OCH3 is 1. The van der Waals surface area contributed by atoms with Gasteiger partial charge in [0.2, 0.25) is 0 Å². The summed E-state index contributed by atoms with van der Waals surface area (Å²) in [5.74, 6) is 0.656. The Bertz CT molecular complexity index is 860. The molecule has 2 aromatic rings. The molecule has 3 heteroatoms. The van der Waals surface area contributed by atoms with E-state index >= 15 is 0 Å². The lowest BCUT2D eigenvalue weighted by Crippen LogP contribution is -2.46. The number of fused-ring (bicyclic) bond motifs is 1. The van der Waals surface area contributed by atoms with E-state index < -0.39 is 0 Å². The first-order valence-electron chi connectivity index (χ1n) is 12.4. The fraction of sp³-hybridized carbons (Fsp3) is 0.607. The molecule has 0 bridgehead atoms. The average Bonchev–Trinajstić information content (AvgIpc) is 3.27. The molecule has 1 spiro atoms. The zero-order chi connectivity index (χ0) is 21.2. The van der Waals surface area contributed by atoms with Crippen molar-refractivity contribution in [2.75, 3.05) is 13.7 Å². The lowest BCUT2D eigenvalue weighted by atomic mass is 9.66. The van der Waals surface area contributed by atoms with Gasteiger partial charge in [-0.15, -0.1) is 0 Å². The number of hydrogen-bond donors (Lipinski definition) is 0. The van der Waals surface area contributed by atoms with Gasteiger partial charge in [-0.05, 0) is 80.5 Å². The quantitative estimate of drug-likeness (QED) is 0.511. The molecule has 2 aliphatic carbocycles. The molecule has 1 aliphatic heterocycles. The molecule has 0 N–H and O–H groups in total. The molecule has 1 saturated carbocycles. The maximum absolute atomic E-state index is 6.43. The van der Waals surface area contributed by atoms with Gasteiger partial charge < -0.3 is 9.47 Å². The highest BCUT2D eigenvalue weighted by Crippen LogP contribution is 2.51. The van der Waals surface area contributed by atoms with E-state index in [4.69, 9.17) is 14.5 Å². The minimum Gasteiger partial charge on any atom is -0.377 e. The minimum atomic E-state index is 0.110. The van der Waals surface area contributed by atoms with Crippen LogP contribution in [0.3, 0.4) is 0 Å². The van der Waals surface area contributed by atoms with Crippen molar-refractivity contribution < 1.29 is 9.47 Å². The van der Waals surface area contributed by atoms with Crippen LogP contribution in [0.15, 0.2) is 48.7 Å². The zero-order valence-electron chi connectivity index (χ0n) is 19.0. The molecule has 2 heterocycles. The molecule has 0 amide bonds. The molecule has 166 valence electrons. The highest BCUT2D eigenvalue weighted by Gasteiger charge is 2.48. The second-order valence-corrected chi connectivity index (χ2v) is 10.2. The summed E-state index contributed by atoms with van der Waals surface area (Å²) in [5.41, 5.74) is 4.52. The molecule has 0 unspecified atom stereocenters. The van der Waals surface area contributed by atoms with Crippen molar-refractivity contribution in [1.82, 2.24) is 4.98 Å². The Hall–Kier alpha value is -1.71. The third-order valence-corrected chi connectivity index (χ3v) is 8.42. The van der Waals surface area contributed by atoms with Gasteiger partial charge >= 0.3 is 0 Å². The van der Waals surface area contributed by atoms with Crippen LogP contribution in [0.4, 0.5) is 0 Å². The third-order valence-electron chi connectivity index (χ3n) is 8.42. The molecular weight excluding hydrogens is 382 g/mol. The van der Waals surface area contributed by atoms with Gasteiger partial charge in [0.15, 0.2) is 0 Å². The van der Waals surface area contributed by atoms with E-state index in [1.54, 1.807) is 0 Å². The van der Waals surface area contributed by atoms with E-state index in [0.717, 1.165) is 25.9 Å². The topological polar surface area (TPSA) is 31.4 Å². The second-order valence-electron chi connectivity index (χ2n) is 10.2. The van der Waals surface area contributed by atoms with Gasteiger partial charge in [-0.2, -0.15) is 0 Å². The summed E-state index contributed by atoms with van der Waals surface area (Å²) in [6.07, 6.45) is 15.7. The normalized spacial score (nSPS) is 29.7. The van der Waals surface area contributed by atoms with Crippen LogP contribution in [0, 0.1) is 0 Å². The smallest absolute Gasteiger partial charge is 0.0824 e. The van der Waals surface area contributed by atoms with E-state index in [1.807, 2.05) is 19.4 Å². The van der Waals surface area contributed by atoms with Gasteiger partial charge in [-0.1, -0.05) is 49.6 Å². The fourth-order valence-electron chi connectivity index (χ4n) is 6.87. The van der Waals surface area contributed by atoms with Crippen molar-refractivity contribution >= 4 is 0 Å². The largest absolute Gasteiger partial charge is 0.377 e. The van der Waals surface area contributed by atoms with Crippen LogP contribution in [-0.4, -0.2) is 24.3 Å². The van der Waals surface area contributed by atoms with Crippen molar-refractivity contribution in [1.29, 1.82) is 0 Å². The highest BCUT2D eigenvalue weighted by molar-refractivity contribution is 5.34. The highest BCUT2D eigenvalue weighted by atomic mass is 16.5. The van der Waals surface area contributed by atoms with E-state index in [-0.39, 0.29) is 17.1 Å². The Morgan fingerprint density at radius 3 is 2.58 bits per heavy atom. The van der Waals surface area contributed by atoms with E-state index in [9.17, 15) is 0 Å². The molecule has 31 heavy (non-hydrogen) atoms. The van der Waals surface area contributed by atoms with Gasteiger partial charge in [-0.25, -0.2) is 0 Å². The van der Waals surface area contributed by atoms with Gasteiger partial charge in [0.25, 0.3) is 0 Å². The molecule has 1 saturated heterocycles. The summed E-state index contributed by atoms with van der Waals surface area (Å²) in [5, 5.41) is 0. The van der Waals surface area contributed by atoms with Crippen molar-refractivity contribution in [2.45, 2.75) is 93.7 Å². The molecular formula is C28H37NO2. The number of rotatable bonds is 6. The second kappa shape index (κ2) is 9.03. The number of aromatic nitrogens is 1. The maximum Gasteiger partial charge on any atom is 0.0824 e. The Balaban J connectivity index is 1.33. The Morgan fingerprint density at radius 2 is 1.81 bits per heavy atom. The van der Waals surface area contributed by atoms with E-state index in [0.29, 0.717) is 5.92 Å². The van der Waals surface area contributed by atoms with Crippen LogP contribution in [0.1, 0.15) is 99.5 Å². The predicted octanol–water partition coefficient (Wildman–Crippen LogP) is 6.88. The minimum absolute atomic E-state index is 0.110. The Kier molecular flexibility index (Phi) is 6.16. The molecule has 3 atom stereocenters. The maximum atomic E-state index is 6.43. The first kappa shape index (κ1) is 21.2. The summed E-state index contributed by atoms with van der Waals surface area (Å²) in [4.78, 5) is 4.88. The van der Waals surface area contributed by atoms with Crippen molar-refractivity contribution in [3.63, 3.8) is 0 Å². The van der Waals surface area contributed by atoms with Gasteiger partial charge in [0.1, 0.15) is 0 Å². The summed E-state index contributed by atoms with van der Waals surface area (Å²) < 4.78 is 12.2. The molecule has 1 aromatic carbocycles. The van der Waals surface area contributed by atoms with Crippen LogP contribution in [0.5, 0.6) is 0 Å². The molecule has 0 radical (unpaired) electrons. The number of ether oxygens (including phenoxy) is 2. The van der Waals surface area contributed by atoms with Crippen molar-refractivity contribution in [2.24, 2.45) is 0 Å². The monoisotopic (exact) mass is 419 g/mol. The first-order chi connectivity index (χ1) is 15.2. The van der Waals surface area contributed by atoms with Crippen molar-refractivity contribution in [3.8, 4) is 0 Å². The summed E-state index contributed by atoms with van der Waals surface area (Å²) in [6.45, 7) is 0.887. The molecule has 2 fully saturated rings. The SMILES string of the molecule is CO[C@@H]1CC[C@H](CCC[C@@]2(c3ccccn3)CCOC3(CCCC3)C2)c2ccccc21. The molecule has 3 nitrogen and oxygen atoms in total. The van der Waals surface area contributed by atoms with Crippen LogP contribution < -0.4 is 0 Å². The van der Waals surface area contributed by atoms with Crippen LogP contribution in [0.25, 0.3) is 0 Å². The summed E-state index contributed by atoms with van der Waals surface area (Å²) in [6, 6.07) is 15.5. The van der Waals surface area contributed by atoms with E-state index in [1.165, 1.54) is 68.2 Å². The van der Waals surface area contributed by atoms with Crippen LogP contribution >= 0.6 is 0 Å². The summed E-state index contributed by atoms with van der Waals surface area (Å²) >= 11 is 0. The standard InChI is InChI=1S/C28H37NO2/c1-30-25-14-13-22(23-10-2-3-11-24(23)25)9-8-15-27(26-12-4-7-19-29-26)18-20-31-28(21-27)16-5-6-17-28/h2-4,7,10-12,19,22,25H,5-6,8-9,13-18,20-21H2,1H3/t22-,25+,27+/m0/s1. The Morgan fingerprint density at radius 1 is 1.00 bits per heavy atom. The zero-order valence-corrected chi connectivity index (χ0v) is 19.0. The molecule has 1 aromatic heterocycles. The van der Waals surface area contributed by atoms with Gasteiger partial charge in [0, 0.05) is 31.0 Å². The van der Waals surface area contributed by atoms with Crippen molar-refractivity contribution in [3.05, 3.63) is 65.5 Å². The summed E-state index contributed by atoms with van der Waals surface area (Å²) in [7, 11) is 1.85. The predicted molar refractivity (Wildman–Crippen MR) is 124 cm³/mol. The van der Waals surface area contributed by atoms with E-state index in [2.05, 4.69) is 36.4 Å². The molecule has 3 aliphatic rings. The third kappa shape index (κ3) is 4.19. The fourth-order valence-corrected chi connectivity index (χ4v) is 6.87. The Labute approximate surface area is 187 Å². The number of pyridine rings is 1. The number of hydrogen-bond acceptors (Lipinski definition) is 3. The van der Waals surface area contributed by atoms with Gasteiger partial charge in [0.05, 0.1) is 11.7 Å². The molecule has 5 rings (SSSR count). The van der Waals surface area contributed by atoms with Crippen LogP contribution in [-0.2, 0) is 14.9 Å². The van der Waals surface area contributed by atoms with Crippen LogP contribution in [0.2, 0.25) is 0 Å². The number of nitrogens with zero attached hydrogens (tertiary/aromatic N) is 1. The van der Waals surface area contributed by atoms with Gasteiger partial charge in [-0.3, -0.25) is 4.98 Å². The average molecular weight is 420 g/mol. The lowest BCUT2D eigenvalue weighted by molar-refractivity contribution is -0.105.